The van der Waals surface area contributed by atoms with E-state index in [1.165, 1.54) is 70.6 Å². The van der Waals surface area contributed by atoms with E-state index in [9.17, 15) is 9.59 Å². The number of unbranched alkanes of at least 4 members (excludes halogenated alkanes) is 16. The van der Waals surface area contributed by atoms with Crippen LogP contribution in [0, 0.1) is 0 Å². The molecule has 1 N–H and O–H groups in total. The molecule has 0 bridgehead atoms. The molecule has 6 heteroatoms. The second-order valence-corrected chi connectivity index (χ2v) is 11.4. The zero-order chi connectivity index (χ0) is 28.1. The van der Waals surface area contributed by atoms with Crippen molar-refractivity contribution in [2.75, 3.05) is 46.9 Å². The highest BCUT2D eigenvalue weighted by atomic mass is 16.5. The van der Waals surface area contributed by atoms with E-state index in [0.717, 1.165) is 84.0 Å². The fourth-order valence-electron chi connectivity index (χ4n) is 4.68. The van der Waals surface area contributed by atoms with Crippen LogP contribution in [0.15, 0.2) is 0 Å². The molecule has 0 atom stereocenters. The highest BCUT2D eigenvalue weighted by Crippen LogP contribution is 2.11. The molecule has 0 aromatic rings. The second kappa shape index (κ2) is 28.7. The SMILES string of the molecule is CCCCCCCCCOC(=O)CCCCCCCN(CCCCCCCC)C(=O)NCCCCN(C)C. The van der Waals surface area contributed by atoms with Crippen LogP contribution in [0.5, 0.6) is 0 Å². The molecule has 0 aliphatic rings. The van der Waals surface area contributed by atoms with Crippen LogP contribution >= 0.6 is 0 Å². The molecule has 0 spiro atoms. The number of carbonyl (C=O) groups is 2. The number of nitrogens with one attached hydrogen (secondary N) is 1. The molecule has 0 unspecified atom stereocenters. The highest BCUT2D eigenvalue weighted by molar-refractivity contribution is 5.74. The van der Waals surface area contributed by atoms with Crippen LogP contribution < -0.4 is 5.32 Å². The molecular weight excluding hydrogens is 474 g/mol. The minimum absolute atomic E-state index is 0.0386. The third-order valence-corrected chi connectivity index (χ3v) is 7.20. The van der Waals surface area contributed by atoms with Crippen molar-refractivity contribution < 1.29 is 14.3 Å². The maximum Gasteiger partial charge on any atom is 0.317 e. The first kappa shape index (κ1) is 36.7. The van der Waals surface area contributed by atoms with Crippen molar-refractivity contribution in [1.82, 2.24) is 15.1 Å². The molecule has 0 aromatic carbocycles. The van der Waals surface area contributed by atoms with Gasteiger partial charge in [0.15, 0.2) is 0 Å². The number of hydrogen-bond acceptors (Lipinski definition) is 4. The van der Waals surface area contributed by atoms with E-state index >= 15 is 0 Å². The van der Waals surface area contributed by atoms with Gasteiger partial charge in [0.25, 0.3) is 0 Å². The van der Waals surface area contributed by atoms with Crippen LogP contribution in [-0.2, 0) is 9.53 Å². The van der Waals surface area contributed by atoms with Gasteiger partial charge in [-0.05, 0) is 59.2 Å². The Labute approximate surface area is 237 Å². The molecule has 226 valence electrons. The largest absolute Gasteiger partial charge is 0.466 e. The van der Waals surface area contributed by atoms with Gasteiger partial charge in [0.2, 0.25) is 0 Å². The molecule has 0 saturated carbocycles. The molecule has 6 nitrogen and oxygen atoms in total. The van der Waals surface area contributed by atoms with Gasteiger partial charge >= 0.3 is 12.0 Å². The van der Waals surface area contributed by atoms with Crippen molar-refractivity contribution in [3.05, 3.63) is 0 Å². The minimum Gasteiger partial charge on any atom is -0.466 e. The molecule has 0 radical (unpaired) electrons. The number of carbonyl (C=O) groups excluding carboxylic acids is 2. The lowest BCUT2D eigenvalue weighted by Crippen LogP contribution is -2.41. The average Bonchev–Trinajstić information content (AvgIpc) is 2.89. The first-order chi connectivity index (χ1) is 18.5. The molecule has 0 heterocycles. The monoisotopic (exact) mass is 540 g/mol. The smallest absolute Gasteiger partial charge is 0.317 e. The lowest BCUT2D eigenvalue weighted by molar-refractivity contribution is -0.143. The summed E-state index contributed by atoms with van der Waals surface area (Å²) in [4.78, 5) is 28.9. The summed E-state index contributed by atoms with van der Waals surface area (Å²) in [6.07, 6.45) is 24.0. The third-order valence-electron chi connectivity index (χ3n) is 7.20. The molecule has 0 saturated heterocycles. The summed E-state index contributed by atoms with van der Waals surface area (Å²) >= 11 is 0. The summed E-state index contributed by atoms with van der Waals surface area (Å²) in [5.74, 6) is -0.0386. The lowest BCUT2D eigenvalue weighted by Gasteiger charge is -2.23. The van der Waals surface area contributed by atoms with Crippen LogP contribution in [0.2, 0.25) is 0 Å². The number of hydrogen-bond donors (Lipinski definition) is 1. The van der Waals surface area contributed by atoms with Gasteiger partial charge in [0.05, 0.1) is 6.61 Å². The average molecular weight is 540 g/mol. The van der Waals surface area contributed by atoms with Gasteiger partial charge < -0.3 is 19.9 Å². The maximum absolute atomic E-state index is 12.8. The summed E-state index contributed by atoms with van der Waals surface area (Å²) in [5, 5.41) is 3.14. The molecule has 0 aliphatic heterocycles. The van der Waals surface area contributed by atoms with Crippen LogP contribution in [0.4, 0.5) is 4.79 Å². The Morgan fingerprint density at radius 3 is 1.61 bits per heavy atom. The van der Waals surface area contributed by atoms with Crippen molar-refractivity contribution in [2.45, 2.75) is 149 Å². The first-order valence-corrected chi connectivity index (χ1v) is 16.3. The van der Waals surface area contributed by atoms with Crippen LogP contribution in [-0.4, -0.2) is 68.7 Å². The number of amides is 2. The number of esters is 1. The van der Waals surface area contributed by atoms with Gasteiger partial charge in [-0.2, -0.15) is 0 Å². The Bertz CT molecular complexity index is 528. The Kier molecular flexibility index (Phi) is 27.7. The first-order valence-electron chi connectivity index (χ1n) is 16.3. The van der Waals surface area contributed by atoms with E-state index in [4.69, 9.17) is 4.74 Å². The summed E-state index contributed by atoms with van der Waals surface area (Å²) in [5.41, 5.74) is 0. The number of ether oxygens (including phenoxy) is 1. The van der Waals surface area contributed by atoms with Crippen molar-refractivity contribution in [1.29, 1.82) is 0 Å². The van der Waals surface area contributed by atoms with Crippen LogP contribution in [0.25, 0.3) is 0 Å². The predicted octanol–water partition coefficient (Wildman–Crippen LogP) is 8.33. The van der Waals surface area contributed by atoms with Gasteiger partial charge in [-0.1, -0.05) is 104 Å². The van der Waals surface area contributed by atoms with Crippen LogP contribution in [0.1, 0.15) is 149 Å². The van der Waals surface area contributed by atoms with E-state index in [1.807, 2.05) is 4.90 Å². The summed E-state index contributed by atoms with van der Waals surface area (Å²) in [6.45, 7) is 8.58. The maximum atomic E-state index is 12.8. The Morgan fingerprint density at radius 1 is 0.579 bits per heavy atom. The van der Waals surface area contributed by atoms with Gasteiger partial charge in [0, 0.05) is 26.1 Å². The minimum atomic E-state index is -0.0386. The second-order valence-electron chi connectivity index (χ2n) is 11.4. The Balaban J connectivity index is 3.96. The number of nitrogens with zero attached hydrogens (tertiary/aromatic N) is 2. The highest BCUT2D eigenvalue weighted by Gasteiger charge is 2.12. The van der Waals surface area contributed by atoms with Crippen LogP contribution in [0.3, 0.4) is 0 Å². The van der Waals surface area contributed by atoms with Crippen molar-refractivity contribution in [3.63, 3.8) is 0 Å². The van der Waals surface area contributed by atoms with E-state index in [2.05, 4.69) is 38.2 Å². The van der Waals surface area contributed by atoms with Crippen molar-refractivity contribution >= 4 is 12.0 Å². The molecular formula is C32H65N3O3. The normalized spacial score (nSPS) is 11.2. The molecule has 0 fully saturated rings. The zero-order valence-corrected chi connectivity index (χ0v) is 26.0. The van der Waals surface area contributed by atoms with Gasteiger partial charge in [-0.25, -0.2) is 4.79 Å². The lowest BCUT2D eigenvalue weighted by atomic mass is 10.1. The zero-order valence-electron chi connectivity index (χ0n) is 26.0. The van der Waals surface area contributed by atoms with Gasteiger partial charge in [0.1, 0.15) is 0 Å². The molecule has 0 aliphatic carbocycles. The van der Waals surface area contributed by atoms with E-state index in [1.54, 1.807) is 0 Å². The third kappa shape index (κ3) is 26.3. The topological polar surface area (TPSA) is 61.9 Å². The summed E-state index contributed by atoms with van der Waals surface area (Å²) in [7, 11) is 4.18. The standard InChI is InChI=1S/C32H65N3O3/c1-5-7-9-11-13-18-24-30-38-31(36)25-19-15-14-17-22-29-35(28-21-16-12-10-8-6-2)32(37)33-26-20-23-27-34(3)4/h5-30H2,1-4H3,(H,33,37). The molecule has 0 rings (SSSR count). The number of urea groups is 1. The summed E-state index contributed by atoms with van der Waals surface area (Å²) in [6, 6.07) is 0.104. The van der Waals surface area contributed by atoms with E-state index < -0.39 is 0 Å². The molecule has 38 heavy (non-hydrogen) atoms. The molecule has 2 amide bonds. The summed E-state index contributed by atoms with van der Waals surface area (Å²) < 4.78 is 5.39. The van der Waals surface area contributed by atoms with Gasteiger partial charge in [-0.15, -0.1) is 0 Å². The van der Waals surface area contributed by atoms with Crippen molar-refractivity contribution in [2.24, 2.45) is 0 Å². The Hall–Kier alpha value is -1.30. The van der Waals surface area contributed by atoms with Crippen molar-refractivity contribution in [3.8, 4) is 0 Å². The van der Waals surface area contributed by atoms with E-state index in [-0.39, 0.29) is 12.0 Å². The van der Waals surface area contributed by atoms with E-state index in [0.29, 0.717) is 13.0 Å². The fraction of sp³-hybridized carbons (Fsp3) is 0.938. The predicted molar refractivity (Wildman–Crippen MR) is 163 cm³/mol. The molecule has 0 aromatic heterocycles. The quantitative estimate of drug-likeness (QED) is 0.0802. The Morgan fingerprint density at radius 2 is 1.05 bits per heavy atom. The van der Waals surface area contributed by atoms with Gasteiger partial charge in [-0.3, -0.25) is 4.79 Å². The number of rotatable bonds is 28. The fourth-order valence-corrected chi connectivity index (χ4v) is 4.68.